The number of nitrogens with one attached hydrogen (secondary N) is 1. The normalized spacial score (nSPS) is 10.8. The number of nitrogens with zero attached hydrogens (tertiary/aromatic N) is 2. The lowest BCUT2D eigenvalue weighted by Gasteiger charge is -2.07. The molecule has 1 aromatic heterocycles. The lowest BCUT2D eigenvalue weighted by molar-refractivity contribution is -0.385. The van der Waals surface area contributed by atoms with E-state index in [2.05, 4.69) is 10.3 Å². The first kappa shape index (κ1) is 17.8. The average Bonchev–Trinajstić information content (AvgIpc) is 3.12. The van der Waals surface area contributed by atoms with E-state index in [0.717, 1.165) is 20.8 Å². The van der Waals surface area contributed by atoms with Crippen LogP contribution < -0.4 is 5.32 Å². The van der Waals surface area contributed by atoms with Gasteiger partial charge in [0.2, 0.25) is 0 Å². The summed E-state index contributed by atoms with van der Waals surface area (Å²) in [5.74, 6) is -0.314. The Kier molecular flexibility index (Phi) is 4.58. The van der Waals surface area contributed by atoms with E-state index < -0.39 is 4.92 Å². The summed E-state index contributed by atoms with van der Waals surface area (Å²) in [6.07, 6.45) is 0. The summed E-state index contributed by atoms with van der Waals surface area (Å²) in [5.41, 5.74) is 3.41. The zero-order valence-corrected chi connectivity index (χ0v) is 15.7. The number of carbonyl (C=O) groups excluding carboxylic acids is 1. The molecule has 0 radical (unpaired) electrons. The third kappa shape index (κ3) is 3.47. The van der Waals surface area contributed by atoms with Gasteiger partial charge in [-0.25, -0.2) is 4.98 Å². The second kappa shape index (κ2) is 7.21. The van der Waals surface area contributed by atoms with Crippen LogP contribution in [-0.2, 0) is 0 Å². The fourth-order valence-corrected chi connectivity index (χ4v) is 3.87. The summed E-state index contributed by atoms with van der Waals surface area (Å²) >= 11 is 1.62. The Morgan fingerprint density at radius 3 is 2.50 bits per heavy atom. The molecule has 7 heteroatoms. The maximum Gasteiger partial charge on any atom is 0.272 e. The van der Waals surface area contributed by atoms with E-state index in [0.29, 0.717) is 16.8 Å². The van der Waals surface area contributed by atoms with Gasteiger partial charge in [0.1, 0.15) is 5.01 Å². The zero-order chi connectivity index (χ0) is 19.7. The van der Waals surface area contributed by atoms with Gasteiger partial charge < -0.3 is 5.32 Å². The smallest absolute Gasteiger partial charge is 0.272 e. The highest BCUT2D eigenvalue weighted by atomic mass is 32.1. The Morgan fingerprint density at radius 2 is 1.82 bits per heavy atom. The maximum atomic E-state index is 12.4. The quantitative estimate of drug-likeness (QED) is 0.372. The first-order valence-electron chi connectivity index (χ1n) is 8.54. The van der Waals surface area contributed by atoms with Crippen molar-refractivity contribution >= 4 is 38.8 Å². The zero-order valence-electron chi connectivity index (χ0n) is 14.9. The van der Waals surface area contributed by atoms with E-state index in [1.165, 1.54) is 18.2 Å². The molecule has 3 aromatic carbocycles. The van der Waals surface area contributed by atoms with Crippen LogP contribution in [0.4, 0.5) is 11.4 Å². The Morgan fingerprint density at radius 1 is 1.07 bits per heavy atom. The monoisotopic (exact) mass is 389 g/mol. The largest absolute Gasteiger partial charge is 0.322 e. The minimum atomic E-state index is -0.461. The number of hydrogen-bond acceptors (Lipinski definition) is 5. The number of aromatic nitrogens is 1. The second-order valence-electron chi connectivity index (χ2n) is 6.28. The van der Waals surface area contributed by atoms with Gasteiger partial charge in [0, 0.05) is 28.4 Å². The Labute approximate surface area is 164 Å². The highest BCUT2D eigenvalue weighted by Gasteiger charge is 2.14. The first-order chi connectivity index (χ1) is 13.5. The molecule has 0 bridgehead atoms. The van der Waals surface area contributed by atoms with Crippen molar-refractivity contribution in [1.29, 1.82) is 0 Å². The van der Waals surface area contributed by atoms with Crippen molar-refractivity contribution in [1.82, 2.24) is 4.98 Å². The molecule has 138 valence electrons. The van der Waals surface area contributed by atoms with Gasteiger partial charge in [-0.2, -0.15) is 0 Å². The molecule has 6 nitrogen and oxygen atoms in total. The number of benzene rings is 3. The number of para-hydroxylation sites is 1. The van der Waals surface area contributed by atoms with Gasteiger partial charge in [-0.05, 0) is 55.5 Å². The van der Waals surface area contributed by atoms with E-state index in [9.17, 15) is 14.9 Å². The summed E-state index contributed by atoms with van der Waals surface area (Å²) < 4.78 is 1.13. The SMILES string of the molecule is Cc1cc(C(=O)Nc2ccc(-c3nc4ccccc4s3)cc2)ccc1[N+](=O)[O-]. The van der Waals surface area contributed by atoms with Crippen molar-refractivity contribution in [2.24, 2.45) is 0 Å². The van der Waals surface area contributed by atoms with Crippen LogP contribution in [0.15, 0.2) is 66.7 Å². The molecule has 0 aliphatic rings. The molecule has 28 heavy (non-hydrogen) atoms. The second-order valence-corrected chi connectivity index (χ2v) is 7.31. The first-order valence-corrected chi connectivity index (χ1v) is 9.35. The summed E-state index contributed by atoms with van der Waals surface area (Å²) in [7, 11) is 0. The number of thiazole rings is 1. The molecule has 1 amide bonds. The summed E-state index contributed by atoms with van der Waals surface area (Å²) in [6.45, 7) is 1.61. The van der Waals surface area contributed by atoms with Gasteiger partial charge in [-0.3, -0.25) is 14.9 Å². The average molecular weight is 389 g/mol. The molecule has 4 rings (SSSR count). The number of nitro benzene ring substituents is 1. The highest BCUT2D eigenvalue weighted by molar-refractivity contribution is 7.21. The molecule has 4 aromatic rings. The van der Waals surface area contributed by atoms with E-state index in [1.807, 2.05) is 48.5 Å². The van der Waals surface area contributed by atoms with Crippen LogP contribution in [0.5, 0.6) is 0 Å². The molecule has 1 heterocycles. The van der Waals surface area contributed by atoms with Crippen LogP contribution in [0.2, 0.25) is 0 Å². The van der Waals surface area contributed by atoms with E-state index >= 15 is 0 Å². The van der Waals surface area contributed by atoms with Gasteiger partial charge in [0.05, 0.1) is 15.1 Å². The fraction of sp³-hybridized carbons (Fsp3) is 0.0476. The molecule has 0 aliphatic heterocycles. The predicted octanol–water partition coefficient (Wildman–Crippen LogP) is 5.43. The van der Waals surface area contributed by atoms with Gasteiger partial charge in [-0.1, -0.05) is 12.1 Å². The number of nitro groups is 1. The number of carbonyl (C=O) groups is 1. The third-order valence-electron chi connectivity index (χ3n) is 4.34. The third-order valence-corrected chi connectivity index (χ3v) is 5.42. The predicted molar refractivity (Wildman–Crippen MR) is 111 cm³/mol. The van der Waals surface area contributed by atoms with Crippen molar-refractivity contribution in [3.63, 3.8) is 0 Å². The fourth-order valence-electron chi connectivity index (χ4n) is 2.90. The van der Waals surface area contributed by atoms with Gasteiger partial charge in [0.25, 0.3) is 11.6 Å². The number of rotatable bonds is 4. The van der Waals surface area contributed by atoms with Crippen molar-refractivity contribution in [2.75, 3.05) is 5.32 Å². The standard InChI is InChI=1S/C21H15N3O3S/c1-13-12-15(8-11-18(13)24(26)27)20(25)22-16-9-6-14(7-10-16)21-23-17-4-2-3-5-19(17)28-21/h2-12H,1H3,(H,22,25). The van der Waals surface area contributed by atoms with Crippen molar-refractivity contribution < 1.29 is 9.72 Å². The summed E-state index contributed by atoms with van der Waals surface area (Å²) in [6, 6.07) is 19.7. The molecule has 0 saturated heterocycles. The minimum absolute atomic E-state index is 0.00302. The molecule has 0 saturated carbocycles. The van der Waals surface area contributed by atoms with Crippen LogP contribution in [0, 0.1) is 17.0 Å². The molecule has 1 N–H and O–H groups in total. The minimum Gasteiger partial charge on any atom is -0.322 e. The van der Waals surface area contributed by atoms with Gasteiger partial charge >= 0.3 is 0 Å². The van der Waals surface area contributed by atoms with Crippen LogP contribution in [0.1, 0.15) is 15.9 Å². The molecule has 0 fully saturated rings. The van der Waals surface area contributed by atoms with E-state index in [1.54, 1.807) is 18.3 Å². The molecular weight excluding hydrogens is 374 g/mol. The maximum absolute atomic E-state index is 12.4. The van der Waals surface area contributed by atoms with Crippen LogP contribution in [0.25, 0.3) is 20.8 Å². The van der Waals surface area contributed by atoms with E-state index in [4.69, 9.17) is 0 Å². The number of anilines is 1. The molecule has 0 aliphatic carbocycles. The van der Waals surface area contributed by atoms with Crippen LogP contribution >= 0.6 is 11.3 Å². The molecule has 0 spiro atoms. The molecule has 0 unspecified atom stereocenters. The number of hydrogen-bond donors (Lipinski definition) is 1. The Bertz CT molecular complexity index is 1170. The van der Waals surface area contributed by atoms with Crippen LogP contribution in [0.3, 0.4) is 0 Å². The van der Waals surface area contributed by atoms with Crippen molar-refractivity contribution in [3.8, 4) is 10.6 Å². The lowest BCUT2D eigenvalue weighted by Crippen LogP contribution is -2.12. The Hall–Kier alpha value is -3.58. The highest BCUT2D eigenvalue weighted by Crippen LogP contribution is 2.30. The molecular formula is C21H15N3O3S. The van der Waals surface area contributed by atoms with Gasteiger partial charge in [-0.15, -0.1) is 11.3 Å². The van der Waals surface area contributed by atoms with Crippen molar-refractivity contribution in [3.05, 3.63) is 88.0 Å². The molecule has 0 atom stereocenters. The van der Waals surface area contributed by atoms with E-state index in [-0.39, 0.29) is 11.6 Å². The van der Waals surface area contributed by atoms with Gasteiger partial charge in [0.15, 0.2) is 0 Å². The topological polar surface area (TPSA) is 85.1 Å². The van der Waals surface area contributed by atoms with Crippen molar-refractivity contribution in [2.45, 2.75) is 6.92 Å². The summed E-state index contributed by atoms with van der Waals surface area (Å²) in [5, 5.41) is 14.6. The number of amides is 1. The summed E-state index contributed by atoms with van der Waals surface area (Å²) in [4.78, 5) is 27.5. The van der Waals surface area contributed by atoms with Crippen LogP contribution in [-0.4, -0.2) is 15.8 Å². The Balaban J connectivity index is 1.52. The number of fused-ring (bicyclic) bond motifs is 1. The lowest BCUT2D eigenvalue weighted by atomic mass is 10.1. The number of aryl methyl sites for hydroxylation is 1.